The summed E-state index contributed by atoms with van der Waals surface area (Å²) in [5.41, 5.74) is 2.42. The molecule has 146 valence electrons. The van der Waals surface area contributed by atoms with Crippen molar-refractivity contribution >= 4 is 27.5 Å². The lowest BCUT2D eigenvalue weighted by atomic mass is 10.2. The van der Waals surface area contributed by atoms with Crippen molar-refractivity contribution in [3.63, 3.8) is 0 Å². The average Bonchev–Trinajstić information content (AvgIpc) is 3.12. The molecular formula is C22H28N4OS+2. The highest BCUT2D eigenvalue weighted by molar-refractivity contribution is 7.18. The van der Waals surface area contributed by atoms with Crippen LogP contribution in [0.1, 0.15) is 10.6 Å². The number of thiazole rings is 1. The molecule has 0 radical (unpaired) electrons. The lowest BCUT2D eigenvalue weighted by molar-refractivity contribution is -1.02. The Hall–Kier alpha value is -2.28. The van der Waals surface area contributed by atoms with Crippen LogP contribution < -0.4 is 9.80 Å². The van der Waals surface area contributed by atoms with Gasteiger partial charge in [0.05, 0.1) is 16.8 Å². The number of piperazine rings is 1. The molecule has 4 rings (SSSR count). The zero-order valence-corrected chi connectivity index (χ0v) is 17.2. The van der Waals surface area contributed by atoms with Crippen LogP contribution >= 0.6 is 11.3 Å². The Morgan fingerprint density at radius 1 is 1.00 bits per heavy atom. The molecule has 2 N–H and O–H groups in total. The minimum absolute atomic E-state index is 0.209. The normalized spacial score (nSPS) is 19.6. The second-order valence-corrected chi connectivity index (χ2v) is 8.78. The third kappa shape index (κ3) is 4.76. The predicted octanol–water partition coefficient (Wildman–Crippen LogP) is 0.238. The van der Waals surface area contributed by atoms with Gasteiger partial charge in [0.2, 0.25) is 0 Å². The summed E-state index contributed by atoms with van der Waals surface area (Å²) < 4.78 is 1.18. The van der Waals surface area contributed by atoms with Crippen LogP contribution in [-0.4, -0.2) is 55.6 Å². The van der Waals surface area contributed by atoms with E-state index in [1.165, 1.54) is 15.2 Å². The van der Waals surface area contributed by atoms with E-state index in [0.29, 0.717) is 13.1 Å². The van der Waals surface area contributed by atoms with Crippen molar-refractivity contribution in [2.45, 2.75) is 13.1 Å². The molecule has 0 saturated carbocycles. The Balaban J connectivity index is 1.24. The average molecular weight is 397 g/mol. The van der Waals surface area contributed by atoms with Gasteiger partial charge in [-0.05, 0) is 12.1 Å². The number of aromatic nitrogens is 1. The number of amides is 1. The molecule has 1 fully saturated rings. The third-order valence-electron chi connectivity index (χ3n) is 5.50. The van der Waals surface area contributed by atoms with Gasteiger partial charge in [-0.1, -0.05) is 42.5 Å². The number of para-hydroxylation sites is 1. The number of fused-ring (bicyclic) bond motifs is 1. The van der Waals surface area contributed by atoms with Gasteiger partial charge in [0.15, 0.2) is 6.54 Å². The number of carbonyl (C=O) groups is 1. The van der Waals surface area contributed by atoms with Gasteiger partial charge in [0.25, 0.3) is 5.91 Å². The monoisotopic (exact) mass is 396 g/mol. The topological polar surface area (TPSA) is 42.1 Å². The number of hydrogen-bond acceptors (Lipinski definition) is 3. The SMILES string of the molecule is CN(Cc1nc2ccccc2s1)C(=O)C[NH+]1CC[NH+](Cc2ccccc2)CC1. The number of nitrogens with zero attached hydrogens (tertiary/aromatic N) is 2. The van der Waals surface area contributed by atoms with E-state index in [4.69, 9.17) is 0 Å². The van der Waals surface area contributed by atoms with E-state index in [0.717, 1.165) is 43.2 Å². The van der Waals surface area contributed by atoms with Crippen LogP contribution in [0.15, 0.2) is 54.6 Å². The molecule has 5 nitrogen and oxygen atoms in total. The number of rotatable bonds is 6. The lowest BCUT2D eigenvalue weighted by Crippen LogP contribution is -3.28. The van der Waals surface area contributed by atoms with Crippen LogP contribution in [0, 0.1) is 0 Å². The fourth-order valence-electron chi connectivity index (χ4n) is 3.82. The first-order valence-corrected chi connectivity index (χ1v) is 10.8. The molecule has 1 aliphatic heterocycles. The molecule has 0 unspecified atom stereocenters. The summed E-state index contributed by atoms with van der Waals surface area (Å²) in [6.45, 7) is 6.63. The minimum atomic E-state index is 0.209. The van der Waals surface area contributed by atoms with Gasteiger partial charge in [-0.15, -0.1) is 11.3 Å². The molecule has 2 aromatic carbocycles. The molecule has 6 heteroatoms. The molecule has 2 heterocycles. The highest BCUT2D eigenvalue weighted by Gasteiger charge is 2.26. The molecule has 3 aromatic rings. The largest absolute Gasteiger partial charge is 0.334 e. The number of likely N-dealkylation sites (N-methyl/N-ethyl adjacent to an activating group) is 1. The first kappa shape index (κ1) is 19.1. The maximum atomic E-state index is 12.7. The molecule has 0 bridgehead atoms. The molecule has 0 aliphatic carbocycles. The Morgan fingerprint density at radius 3 is 2.43 bits per heavy atom. The van der Waals surface area contributed by atoms with Crippen molar-refractivity contribution in [1.29, 1.82) is 0 Å². The molecule has 0 spiro atoms. The van der Waals surface area contributed by atoms with E-state index in [1.54, 1.807) is 16.2 Å². The van der Waals surface area contributed by atoms with Crippen molar-refractivity contribution in [1.82, 2.24) is 9.88 Å². The van der Waals surface area contributed by atoms with Gasteiger partial charge in [0, 0.05) is 12.6 Å². The summed E-state index contributed by atoms with van der Waals surface area (Å²) in [6.07, 6.45) is 0. The zero-order chi connectivity index (χ0) is 19.3. The third-order valence-corrected chi connectivity index (χ3v) is 6.52. The Kier molecular flexibility index (Phi) is 6.00. The van der Waals surface area contributed by atoms with E-state index >= 15 is 0 Å². The molecule has 1 aliphatic rings. The number of benzene rings is 2. The van der Waals surface area contributed by atoms with E-state index < -0.39 is 0 Å². The van der Waals surface area contributed by atoms with E-state index in [1.807, 2.05) is 30.1 Å². The maximum Gasteiger partial charge on any atom is 0.277 e. The van der Waals surface area contributed by atoms with Crippen molar-refractivity contribution < 1.29 is 14.6 Å². The number of quaternary nitrogens is 2. The highest BCUT2D eigenvalue weighted by Crippen LogP contribution is 2.22. The number of hydrogen-bond donors (Lipinski definition) is 2. The van der Waals surface area contributed by atoms with Crippen LogP contribution in [0.3, 0.4) is 0 Å². The van der Waals surface area contributed by atoms with Gasteiger partial charge >= 0.3 is 0 Å². The number of nitrogens with one attached hydrogen (secondary N) is 2. The molecule has 1 aromatic heterocycles. The van der Waals surface area contributed by atoms with Gasteiger partial charge in [-0.2, -0.15) is 0 Å². The Morgan fingerprint density at radius 2 is 1.68 bits per heavy atom. The second kappa shape index (κ2) is 8.82. The quantitative estimate of drug-likeness (QED) is 0.627. The molecule has 28 heavy (non-hydrogen) atoms. The van der Waals surface area contributed by atoms with Gasteiger partial charge in [-0.25, -0.2) is 4.98 Å². The number of carbonyl (C=O) groups excluding carboxylic acids is 1. The smallest absolute Gasteiger partial charge is 0.277 e. The van der Waals surface area contributed by atoms with Crippen LogP contribution in [0.2, 0.25) is 0 Å². The minimum Gasteiger partial charge on any atom is -0.334 e. The molecule has 1 amide bonds. The fourth-order valence-corrected chi connectivity index (χ4v) is 4.84. The first-order chi connectivity index (χ1) is 13.7. The zero-order valence-electron chi connectivity index (χ0n) is 16.4. The van der Waals surface area contributed by atoms with Crippen molar-refractivity contribution in [3.05, 3.63) is 65.2 Å². The second-order valence-electron chi connectivity index (χ2n) is 7.66. The molecule has 1 saturated heterocycles. The Bertz CT molecular complexity index is 885. The standard InChI is InChI=1S/C22H26N4OS/c1-24(16-21-23-19-9-5-6-10-20(19)28-21)22(27)17-26-13-11-25(12-14-26)15-18-7-3-2-4-8-18/h2-10H,11-17H2,1H3/p+2. The van der Waals surface area contributed by atoms with E-state index in [2.05, 4.69) is 41.4 Å². The summed E-state index contributed by atoms with van der Waals surface area (Å²) in [4.78, 5) is 22.2. The van der Waals surface area contributed by atoms with Crippen LogP contribution in [0.25, 0.3) is 10.2 Å². The lowest BCUT2D eigenvalue weighted by Gasteiger charge is -2.30. The predicted molar refractivity (Wildman–Crippen MR) is 113 cm³/mol. The van der Waals surface area contributed by atoms with E-state index in [9.17, 15) is 4.79 Å². The summed E-state index contributed by atoms with van der Waals surface area (Å²) in [7, 11) is 1.89. The van der Waals surface area contributed by atoms with Crippen molar-refractivity contribution in [2.75, 3.05) is 39.8 Å². The van der Waals surface area contributed by atoms with Crippen LogP contribution in [-0.2, 0) is 17.9 Å². The van der Waals surface area contributed by atoms with Gasteiger partial charge in [0.1, 0.15) is 37.7 Å². The summed E-state index contributed by atoms with van der Waals surface area (Å²) in [5, 5.41) is 1.00. The summed E-state index contributed by atoms with van der Waals surface area (Å²) >= 11 is 1.68. The van der Waals surface area contributed by atoms with Gasteiger partial charge < -0.3 is 14.7 Å². The molecule has 0 atom stereocenters. The summed E-state index contributed by atoms with van der Waals surface area (Å²) in [5.74, 6) is 0.209. The maximum absolute atomic E-state index is 12.7. The summed E-state index contributed by atoms with van der Waals surface area (Å²) in [6, 6.07) is 18.8. The van der Waals surface area contributed by atoms with Gasteiger partial charge in [-0.3, -0.25) is 4.79 Å². The highest BCUT2D eigenvalue weighted by atomic mass is 32.1. The Labute approximate surface area is 170 Å². The van der Waals surface area contributed by atoms with E-state index in [-0.39, 0.29) is 5.91 Å². The first-order valence-electron chi connectivity index (χ1n) is 9.97. The fraction of sp³-hybridized carbons (Fsp3) is 0.364. The molecular weight excluding hydrogens is 368 g/mol. The van der Waals surface area contributed by atoms with Crippen molar-refractivity contribution in [3.8, 4) is 0 Å². The van der Waals surface area contributed by atoms with Crippen LogP contribution in [0.5, 0.6) is 0 Å². The van der Waals surface area contributed by atoms with Crippen molar-refractivity contribution in [2.24, 2.45) is 0 Å². The van der Waals surface area contributed by atoms with Crippen LogP contribution in [0.4, 0.5) is 0 Å².